The SMILES string of the molecule is O=C(C=CF)OF. The Labute approximate surface area is 38.3 Å². The van der Waals surface area contributed by atoms with Crippen molar-refractivity contribution in [3.05, 3.63) is 12.4 Å². The van der Waals surface area contributed by atoms with Crippen molar-refractivity contribution < 1.29 is 18.7 Å². The van der Waals surface area contributed by atoms with Crippen molar-refractivity contribution in [3.8, 4) is 0 Å². The van der Waals surface area contributed by atoms with Crippen LogP contribution in [-0.4, -0.2) is 5.97 Å². The van der Waals surface area contributed by atoms with Gasteiger partial charge in [0.15, 0.2) is 0 Å². The molecule has 0 unspecified atom stereocenters. The zero-order chi connectivity index (χ0) is 5.70. The fraction of sp³-hybridized carbons (Fsp3) is 0. The minimum absolute atomic E-state index is 0.109. The standard InChI is InChI=1S/C3H2F2O2/c4-2-1-3(6)7-5/h1-2H. The maximum atomic E-state index is 10.8. The fourth-order valence-electron chi connectivity index (χ4n) is 0.0772. The van der Waals surface area contributed by atoms with Gasteiger partial charge in [-0.15, -0.1) is 0 Å². The largest absolute Gasteiger partial charge is 0.374 e. The molecule has 0 N–H and O–H groups in total. The van der Waals surface area contributed by atoms with Crippen LogP contribution in [0.5, 0.6) is 0 Å². The normalized spacial score (nSPS) is 9.43. The second-order valence-electron chi connectivity index (χ2n) is 0.689. The average Bonchev–Trinajstić information content (AvgIpc) is 1.68. The number of halogens is 2. The highest BCUT2D eigenvalue weighted by molar-refractivity contribution is 5.80. The van der Waals surface area contributed by atoms with Crippen LogP contribution in [0.4, 0.5) is 8.92 Å². The van der Waals surface area contributed by atoms with Crippen molar-refractivity contribution in [3.63, 3.8) is 0 Å². The lowest BCUT2D eigenvalue weighted by atomic mass is 10.7. The van der Waals surface area contributed by atoms with Gasteiger partial charge in [0, 0.05) is 4.53 Å². The molecule has 0 aliphatic heterocycles. The van der Waals surface area contributed by atoms with E-state index in [1.165, 1.54) is 0 Å². The van der Waals surface area contributed by atoms with Crippen LogP contribution in [0.3, 0.4) is 0 Å². The molecule has 0 heterocycles. The molecule has 0 radical (unpaired) electrons. The molecule has 0 rings (SSSR count). The molecule has 0 spiro atoms. The van der Waals surface area contributed by atoms with Crippen molar-refractivity contribution in [2.45, 2.75) is 0 Å². The summed E-state index contributed by atoms with van der Waals surface area (Å²) in [5.74, 6) is -1.34. The first kappa shape index (κ1) is 6.07. The van der Waals surface area contributed by atoms with Crippen LogP contribution in [0.2, 0.25) is 0 Å². The number of carbonyl (C=O) groups is 1. The summed E-state index contributed by atoms with van der Waals surface area (Å²) in [6.45, 7) is 0. The Kier molecular flexibility index (Phi) is 2.83. The summed E-state index contributed by atoms with van der Waals surface area (Å²) in [5.41, 5.74) is 0. The van der Waals surface area contributed by atoms with Gasteiger partial charge in [0.1, 0.15) is 0 Å². The van der Waals surface area contributed by atoms with Crippen LogP contribution in [-0.2, 0) is 9.74 Å². The van der Waals surface area contributed by atoms with E-state index < -0.39 is 5.97 Å². The summed E-state index contributed by atoms with van der Waals surface area (Å²) < 4.78 is 21.3. The summed E-state index contributed by atoms with van der Waals surface area (Å²) in [6.07, 6.45) is 0.210. The zero-order valence-corrected chi connectivity index (χ0v) is 3.23. The van der Waals surface area contributed by atoms with E-state index in [1.54, 1.807) is 0 Å². The molecule has 4 heteroatoms. The lowest BCUT2D eigenvalue weighted by Gasteiger charge is -1.75. The quantitative estimate of drug-likeness (QED) is 0.466. The number of hydrogen-bond donors (Lipinski definition) is 0. The number of rotatable bonds is 1. The summed E-state index contributed by atoms with van der Waals surface area (Å²) >= 11 is 0. The van der Waals surface area contributed by atoms with Gasteiger partial charge >= 0.3 is 5.97 Å². The maximum absolute atomic E-state index is 10.8. The molecule has 40 valence electrons. The Morgan fingerprint density at radius 2 is 2.29 bits per heavy atom. The van der Waals surface area contributed by atoms with Gasteiger partial charge < -0.3 is 0 Å². The summed E-state index contributed by atoms with van der Waals surface area (Å²) in [5, 5.41) is 0. The molecule has 0 aromatic carbocycles. The monoisotopic (exact) mass is 108 g/mol. The van der Waals surface area contributed by atoms with Crippen LogP contribution >= 0.6 is 0 Å². The van der Waals surface area contributed by atoms with Gasteiger partial charge in [0.2, 0.25) is 0 Å². The molecule has 2 nitrogen and oxygen atoms in total. The molecule has 0 atom stereocenters. The van der Waals surface area contributed by atoms with Crippen LogP contribution < -0.4 is 0 Å². The highest BCUT2D eigenvalue weighted by Crippen LogP contribution is 1.79. The first-order valence-corrected chi connectivity index (χ1v) is 1.40. The van der Waals surface area contributed by atoms with Crippen molar-refractivity contribution >= 4 is 5.97 Å². The molecule has 0 aromatic rings. The van der Waals surface area contributed by atoms with Gasteiger partial charge in [0.25, 0.3) is 0 Å². The van der Waals surface area contributed by atoms with Crippen LogP contribution in [0, 0.1) is 0 Å². The van der Waals surface area contributed by atoms with Crippen molar-refractivity contribution in [1.29, 1.82) is 0 Å². The fourth-order valence-corrected chi connectivity index (χ4v) is 0.0772. The molecule has 7 heavy (non-hydrogen) atoms. The molecular formula is C3H2F2O2. The summed E-state index contributed by atoms with van der Waals surface area (Å²) in [7, 11) is 0. The molecular weight excluding hydrogens is 106 g/mol. The van der Waals surface area contributed by atoms with Crippen molar-refractivity contribution in [2.75, 3.05) is 0 Å². The second-order valence-corrected chi connectivity index (χ2v) is 0.689. The molecule has 0 saturated heterocycles. The Morgan fingerprint density at radius 1 is 1.71 bits per heavy atom. The van der Waals surface area contributed by atoms with Crippen LogP contribution in [0.1, 0.15) is 0 Å². The topological polar surface area (TPSA) is 26.3 Å². The zero-order valence-electron chi connectivity index (χ0n) is 3.23. The van der Waals surface area contributed by atoms with Gasteiger partial charge in [-0.05, 0) is 0 Å². The Morgan fingerprint density at radius 3 is 2.43 bits per heavy atom. The predicted molar refractivity (Wildman–Crippen MR) is 17.4 cm³/mol. The third-order valence-corrected chi connectivity index (χ3v) is 0.275. The van der Waals surface area contributed by atoms with Gasteiger partial charge in [-0.1, -0.05) is 0 Å². The maximum Gasteiger partial charge on any atom is 0.374 e. The first-order valence-electron chi connectivity index (χ1n) is 1.40. The lowest BCUT2D eigenvalue weighted by molar-refractivity contribution is -0.176. The van der Waals surface area contributed by atoms with Crippen molar-refractivity contribution in [2.24, 2.45) is 0 Å². The number of hydrogen-bond acceptors (Lipinski definition) is 2. The van der Waals surface area contributed by atoms with Gasteiger partial charge in [-0.25, -0.2) is 14.1 Å². The average molecular weight is 108 g/mol. The minimum Gasteiger partial charge on any atom is -0.250 e. The van der Waals surface area contributed by atoms with E-state index in [-0.39, 0.29) is 6.33 Å². The molecule has 0 amide bonds. The van der Waals surface area contributed by atoms with E-state index in [1.807, 2.05) is 0 Å². The molecule has 0 bridgehead atoms. The highest BCUT2D eigenvalue weighted by atomic mass is 19.3. The van der Waals surface area contributed by atoms with Gasteiger partial charge in [0.05, 0.1) is 12.4 Å². The van der Waals surface area contributed by atoms with E-state index in [4.69, 9.17) is 0 Å². The van der Waals surface area contributed by atoms with Gasteiger partial charge in [-0.2, -0.15) is 0 Å². The van der Waals surface area contributed by atoms with Crippen LogP contribution in [0.25, 0.3) is 0 Å². The summed E-state index contributed by atoms with van der Waals surface area (Å²) in [4.78, 5) is 12.0. The van der Waals surface area contributed by atoms with E-state index in [0.717, 1.165) is 0 Å². The molecule has 0 aromatic heterocycles. The number of carbonyl (C=O) groups excluding carboxylic acids is 1. The molecule has 0 saturated carbocycles. The van der Waals surface area contributed by atoms with Crippen LogP contribution in [0.15, 0.2) is 12.4 Å². The Balaban J connectivity index is 3.37. The van der Waals surface area contributed by atoms with E-state index in [2.05, 4.69) is 4.94 Å². The third kappa shape index (κ3) is 2.88. The first-order chi connectivity index (χ1) is 3.31. The third-order valence-electron chi connectivity index (χ3n) is 0.275. The van der Waals surface area contributed by atoms with E-state index >= 15 is 0 Å². The summed E-state index contributed by atoms with van der Waals surface area (Å²) in [6, 6.07) is 0. The Hall–Kier alpha value is -0.930. The lowest BCUT2D eigenvalue weighted by Crippen LogP contribution is -1.88. The predicted octanol–water partition coefficient (Wildman–Crippen LogP) is 0.897. The smallest absolute Gasteiger partial charge is 0.250 e. The Bertz CT molecular complexity index is 88.9. The van der Waals surface area contributed by atoms with Gasteiger partial charge in [-0.3, -0.25) is 0 Å². The van der Waals surface area contributed by atoms with E-state index in [0.29, 0.717) is 6.08 Å². The second kappa shape index (κ2) is 3.27. The highest BCUT2D eigenvalue weighted by Gasteiger charge is 1.91. The minimum atomic E-state index is -1.34. The molecule has 0 fully saturated rings. The molecule has 0 aliphatic rings. The van der Waals surface area contributed by atoms with E-state index in [9.17, 15) is 13.7 Å². The van der Waals surface area contributed by atoms with Crippen molar-refractivity contribution in [1.82, 2.24) is 0 Å². The molecule has 0 aliphatic carbocycles.